The van der Waals surface area contributed by atoms with Crippen molar-refractivity contribution in [1.29, 1.82) is 0 Å². The van der Waals surface area contributed by atoms with Crippen molar-refractivity contribution in [2.75, 3.05) is 13.2 Å². The molecule has 1 aliphatic heterocycles. The zero-order valence-corrected chi connectivity index (χ0v) is 11.1. The number of carbonyl (C=O) groups excluding carboxylic acids is 1. The fraction of sp³-hybridized carbons (Fsp3) is 0.583. The first-order chi connectivity index (χ1) is 9.49. The van der Waals surface area contributed by atoms with E-state index in [1.165, 1.54) is 13.2 Å². The molecule has 2 heterocycles. The predicted molar refractivity (Wildman–Crippen MR) is 69.4 cm³/mol. The SMILES string of the molecule is Cn1c(=O)[nH]cc(CC(=O)N[C@@H]2CCOC[C@H]2O)c1=O. The van der Waals surface area contributed by atoms with Gasteiger partial charge < -0.3 is 20.1 Å². The molecule has 1 aromatic rings. The summed E-state index contributed by atoms with van der Waals surface area (Å²) >= 11 is 0. The van der Waals surface area contributed by atoms with Crippen molar-refractivity contribution in [2.45, 2.75) is 25.0 Å². The number of carbonyl (C=O) groups is 1. The van der Waals surface area contributed by atoms with E-state index in [2.05, 4.69) is 10.3 Å². The van der Waals surface area contributed by atoms with Gasteiger partial charge in [-0.2, -0.15) is 0 Å². The van der Waals surface area contributed by atoms with Crippen molar-refractivity contribution in [2.24, 2.45) is 7.05 Å². The number of aromatic nitrogens is 2. The smallest absolute Gasteiger partial charge is 0.328 e. The minimum Gasteiger partial charge on any atom is -0.389 e. The zero-order valence-electron chi connectivity index (χ0n) is 11.1. The largest absolute Gasteiger partial charge is 0.389 e. The summed E-state index contributed by atoms with van der Waals surface area (Å²) in [5.41, 5.74) is -0.832. The van der Waals surface area contributed by atoms with Gasteiger partial charge in [0.15, 0.2) is 0 Å². The number of aliphatic hydroxyl groups excluding tert-OH is 1. The van der Waals surface area contributed by atoms with E-state index >= 15 is 0 Å². The number of nitrogens with one attached hydrogen (secondary N) is 2. The minimum absolute atomic E-state index is 0.145. The Morgan fingerprint density at radius 1 is 1.60 bits per heavy atom. The highest BCUT2D eigenvalue weighted by Gasteiger charge is 2.25. The number of hydrogen-bond donors (Lipinski definition) is 3. The first-order valence-electron chi connectivity index (χ1n) is 6.32. The molecule has 0 spiro atoms. The highest BCUT2D eigenvalue weighted by Crippen LogP contribution is 2.07. The second-order valence-electron chi connectivity index (χ2n) is 4.76. The van der Waals surface area contributed by atoms with Crippen molar-refractivity contribution >= 4 is 5.91 Å². The van der Waals surface area contributed by atoms with Gasteiger partial charge in [0.05, 0.1) is 25.2 Å². The first kappa shape index (κ1) is 14.5. The van der Waals surface area contributed by atoms with E-state index < -0.39 is 17.4 Å². The van der Waals surface area contributed by atoms with E-state index in [1.54, 1.807) is 0 Å². The molecule has 1 fully saturated rings. The summed E-state index contributed by atoms with van der Waals surface area (Å²) in [6.45, 7) is 0.661. The third-order valence-electron chi connectivity index (χ3n) is 3.28. The first-order valence-corrected chi connectivity index (χ1v) is 6.32. The maximum Gasteiger partial charge on any atom is 0.328 e. The second kappa shape index (κ2) is 6.02. The van der Waals surface area contributed by atoms with Gasteiger partial charge in [0.25, 0.3) is 5.56 Å². The summed E-state index contributed by atoms with van der Waals surface area (Å²) in [5, 5.41) is 12.3. The third-order valence-corrected chi connectivity index (χ3v) is 3.28. The molecule has 1 aromatic heterocycles. The summed E-state index contributed by atoms with van der Waals surface area (Å²) in [6, 6.07) is -0.372. The molecule has 1 amide bonds. The monoisotopic (exact) mass is 283 g/mol. The van der Waals surface area contributed by atoms with Crippen LogP contribution in [0.4, 0.5) is 0 Å². The lowest BCUT2D eigenvalue weighted by Crippen LogP contribution is -2.49. The van der Waals surface area contributed by atoms with Crippen molar-refractivity contribution in [3.05, 3.63) is 32.6 Å². The van der Waals surface area contributed by atoms with Gasteiger partial charge in [0, 0.05) is 25.4 Å². The number of ether oxygens (including phenoxy) is 1. The molecular formula is C12H17N3O5. The molecule has 0 aliphatic carbocycles. The maximum absolute atomic E-state index is 11.9. The highest BCUT2D eigenvalue weighted by atomic mass is 16.5. The van der Waals surface area contributed by atoms with Crippen LogP contribution in [-0.4, -0.2) is 45.9 Å². The Morgan fingerprint density at radius 3 is 3.05 bits per heavy atom. The molecule has 0 unspecified atom stereocenters. The molecule has 0 radical (unpaired) electrons. The van der Waals surface area contributed by atoms with Gasteiger partial charge >= 0.3 is 5.69 Å². The van der Waals surface area contributed by atoms with Crippen LogP contribution < -0.4 is 16.6 Å². The van der Waals surface area contributed by atoms with E-state index in [4.69, 9.17) is 4.74 Å². The molecule has 2 atom stereocenters. The van der Waals surface area contributed by atoms with E-state index in [1.807, 2.05) is 0 Å². The topological polar surface area (TPSA) is 113 Å². The van der Waals surface area contributed by atoms with Crippen LogP contribution in [0.25, 0.3) is 0 Å². The lowest BCUT2D eigenvalue weighted by atomic mass is 10.1. The standard InChI is InChI=1S/C12H17N3O5/c1-15-11(18)7(5-13-12(15)19)4-10(17)14-8-2-3-20-6-9(8)16/h5,8-9,16H,2-4,6H2,1H3,(H,13,19)(H,14,17)/t8-,9-/m1/s1. The van der Waals surface area contributed by atoms with Crippen molar-refractivity contribution in [3.8, 4) is 0 Å². The van der Waals surface area contributed by atoms with Crippen molar-refractivity contribution in [1.82, 2.24) is 14.9 Å². The van der Waals surface area contributed by atoms with Crippen LogP contribution in [0.15, 0.2) is 15.8 Å². The van der Waals surface area contributed by atoms with Crippen LogP contribution in [0.2, 0.25) is 0 Å². The van der Waals surface area contributed by atoms with Crippen molar-refractivity contribution < 1.29 is 14.6 Å². The Morgan fingerprint density at radius 2 is 2.35 bits per heavy atom. The van der Waals surface area contributed by atoms with Crippen LogP contribution in [0.5, 0.6) is 0 Å². The van der Waals surface area contributed by atoms with E-state index in [-0.39, 0.29) is 30.5 Å². The molecule has 1 aliphatic rings. The van der Waals surface area contributed by atoms with Gasteiger partial charge in [-0.1, -0.05) is 0 Å². The summed E-state index contributed by atoms with van der Waals surface area (Å²) in [5.74, 6) is -0.375. The van der Waals surface area contributed by atoms with Gasteiger partial charge in [0.2, 0.25) is 5.91 Å². The van der Waals surface area contributed by atoms with Gasteiger partial charge in [0.1, 0.15) is 0 Å². The number of H-pyrrole nitrogens is 1. The number of hydrogen-bond acceptors (Lipinski definition) is 5. The molecule has 0 bridgehead atoms. The fourth-order valence-corrected chi connectivity index (χ4v) is 2.06. The zero-order chi connectivity index (χ0) is 14.7. The summed E-state index contributed by atoms with van der Waals surface area (Å²) < 4.78 is 5.97. The highest BCUT2D eigenvalue weighted by molar-refractivity contribution is 5.78. The Hall–Kier alpha value is -1.93. The van der Waals surface area contributed by atoms with Crippen LogP contribution in [-0.2, 0) is 23.0 Å². The van der Waals surface area contributed by atoms with Crippen LogP contribution >= 0.6 is 0 Å². The molecule has 1 saturated heterocycles. The fourth-order valence-electron chi connectivity index (χ4n) is 2.06. The molecular weight excluding hydrogens is 266 g/mol. The van der Waals surface area contributed by atoms with E-state index in [0.29, 0.717) is 13.0 Å². The maximum atomic E-state index is 11.9. The summed E-state index contributed by atoms with van der Waals surface area (Å²) in [4.78, 5) is 37.2. The number of aliphatic hydroxyl groups is 1. The molecule has 8 heteroatoms. The third kappa shape index (κ3) is 3.14. The number of aromatic amines is 1. The Kier molecular flexibility index (Phi) is 4.35. The van der Waals surface area contributed by atoms with Gasteiger partial charge in [-0.25, -0.2) is 4.79 Å². The van der Waals surface area contributed by atoms with Crippen LogP contribution in [0, 0.1) is 0 Å². The quantitative estimate of drug-likeness (QED) is 0.587. The number of nitrogens with zero attached hydrogens (tertiary/aromatic N) is 1. The van der Waals surface area contributed by atoms with Gasteiger partial charge in [-0.15, -0.1) is 0 Å². The van der Waals surface area contributed by atoms with Crippen molar-refractivity contribution in [3.63, 3.8) is 0 Å². The molecule has 0 saturated carbocycles. The van der Waals surface area contributed by atoms with Crippen LogP contribution in [0.3, 0.4) is 0 Å². The second-order valence-corrected chi connectivity index (χ2v) is 4.76. The van der Waals surface area contributed by atoms with Gasteiger partial charge in [-0.05, 0) is 6.42 Å². The molecule has 0 aromatic carbocycles. The Bertz CT molecular complexity index is 606. The number of rotatable bonds is 3. The Balaban J connectivity index is 2.03. The average molecular weight is 283 g/mol. The van der Waals surface area contributed by atoms with Crippen LogP contribution in [0.1, 0.15) is 12.0 Å². The lowest BCUT2D eigenvalue weighted by molar-refractivity contribution is -0.123. The predicted octanol–water partition coefficient (Wildman–Crippen LogP) is -2.12. The minimum atomic E-state index is -0.744. The normalized spacial score (nSPS) is 22.5. The van der Waals surface area contributed by atoms with E-state index in [9.17, 15) is 19.5 Å². The van der Waals surface area contributed by atoms with Gasteiger partial charge in [-0.3, -0.25) is 14.2 Å². The summed E-state index contributed by atoms with van der Waals surface area (Å²) in [6.07, 6.45) is 0.875. The number of amides is 1. The summed E-state index contributed by atoms with van der Waals surface area (Å²) in [7, 11) is 1.34. The molecule has 8 nitrogen and oxygen atoms in total. The molecule has 3 N–H and O–H groups in total. The molecule has 2 rings (SSSR count). The average Bonchev–Trinajstić information content (AvgIpc) is 2.42. The molecule has 110 valence electrons. The molecule has 20 heavy (non-hydrogen) atoms. The Labute approximate surface area is 114 Å². The lowest BCUT2D eigenvalue weighted by Gasteiger charge is -2.28. The van der Waals surface area contributed by atoms with E-state index in [0.717, 1.165) is 4.57 Å².